The Balaban J connectivity index is 2.64. The van der Waals surface area contributed by atoms with Gasteiger partial charge in [-0.1, -0.05) is 48.5 Å². The Labute approximate surface area is 144 Å². The first-order valence-corrected chi connectivity index (χ1v) is 7.15. The van der Waals surface area contributed by atoms with Crippen LogP contribution in [0, 0.1) is 10.1 Å². The van der Waals surface area contributed by atoms with Crippen LogP contribution in [0.4, 0.5) is 27.6 Å². The minimum atomic E-state index is -6.09. The smallest absolute Gasteiger partial charge is 0.375 e. The van der Waals surface area contributed by atoms with Crippen molar-refractivity contribution in [3.8, 4) is 0 Å². The van der Waals surface area contributed by atoms with Gasteiger partial charge in [0, 0.05) is 17.7 Å². The van der Waals surface area contributed by atoms with Crippen molar-refractivity contribution in [1.29, 1.82) is 0 Å². The quantitative estimate of drug-likeness (QED) is 0.470. The van der Waals surface area contributed by atoms with Crippen molar-refractivity contribution in [2.45, 2.75) is 17.7 Å². The van der Waals surface area contributed by atoms with Gasteiger partial charge in [0.1, 0.15) is 0 Å². The van der Waals surface area contributed by atoms with Gasteiger partial charge in [0.25, 0.3) is 5.69 Å². The van der Waals surface area contributed by atoms with Crippen LogP contribution in [-0.4, -0.2) is 22.1 Å². The Bertz CT molecular complexity index is 821. The van der Waals surface area contributed by atoms with E-state index in [4.69, 9.17) is 0 Å². The minimum Gasteiger partial charge on any atom is -0.375 e. The number of hydrogen-bond donors (Lipinski definition) is 1. The van der Waals surface area contributed by atoms with Crippen LogP contribution in [0.3, 0.4) is 0 Å². The summed E-state index contributed by atoms with van der Waals surface area (Å²) < 4.78 is 67.0. The van der Waals surface area contributed by atoms with Crippen molar-refractivity contribution in [3.05, 3.63) is 81.9 Å². The molecule has 1 N–H and O–H groups in total. The number of alkyl halides is 5. The lowest BCUT2D eigenvalue weighted by Gasteiger charge is -2.34. The molecule has 1 unspecified atom stereocenters. The topological polar surface area (TPSA) is 63.4 Å². The summed E-state index contributed by atoms with van der Waals surface area (Å²) in [7, 11) is 0. The standard InChI is InChI=1S/C17H12F5NO3/c18-16(19,17(20,21)22)15(24,10-9-12-5-2-1-3-6-12)13-7-4-8-14(11-13)23(25)26/h1-11,24H/b10-9+. The van der Waals surface area contributed by atoms with Gasteiger partial charge in [-0.3, -0.25) is 10.1 Å². The third-order valence-electron chi connectivity index (χ3n) is 3.65. The van der Waals surface area contributed by atoms with E-state index in [1.165, 1.54) is 24.3 Å². The molecule has 0 radical (unpaired) electrons. The largest absolute Gasteiger partial charge is 0.457 e. The molecule has 0 aliphatic carbocycles. The normalized spacial score (nSPS) is 15.0. The van der Waals surface area contributed by atoms with Crippen LogP contribution in [0.2, 0.25) is 0 Å². The van der Waals surface area contributed by atoms with Crippen LogP contribution in [0.1, 0.15) is 11.1 Å². The van der Waals surface area contributed by atoms with E-state index in [9.17, 15) is 37.2 Å². The van der Waals surface area contributed by atoms with Gasteiger partial charge in [0.2, 0.25) is 0 Å². The number of halogens is 5. The number of hydrogen-bond acceptors (Lipinski definition) is 3. The SMILES string of the molecule is O=[N+]([O-])c1cccc(C(O)(/C=C/c2ccccc2)C(F)(F)C(F)(F)F)c1. The van der Waals surface area contributed by atoms with Crippen molar-refractivity contribution >= 4 is 11.8 Å². The second-order valence-corrected chi connectivity index (χ2v) is 5.39. The molecule has 0 amide bonds. The second-order valence-electron chi connectivity index (χ2n) is 5.39. The molecule has 0 saturated carbocycles. The average molecular weight is 373 g/mol. The highest BCUT2D eigenvalue weighted by Crippen LogP contribution is 2.49. The number of rotatable bonds is 5. The molecular weight excluding hydrogens is 361 g/mol. The number of benzene rings is 2. The first-order chi connectivity index (χ1) is 12.0. The minimum absolute atomic E-state index is 0.259. The predicted octanol–water partition coefficient (Wildman–Crippen LogP) is 4.69. The van der Waals surface area contributed by atoms with Gasteiger partial charge in [-0.15, -0.1) is 0 Å². The van der Waals surface area contributed by atoms with Crippen LogP contribution in [0.25, 0.3) is 6.08 Å². The zero-order valence-electron chi connectivity index (χ0n) is 13.0. The number of non-ortho nitro benzene ring substituents is 1. The summed E-state index contributed by atoms with van der Waals surface area (Å²) >= 11 is 0. The highest BCUT2D eigenvalue weighted by molar-refractivity contribution is 5.53. The first kappa shape index (κ1) is 19.5. The lowest BCUT2D eigenvalue weighted by Crippen LogP contribution is -2.53. The lowest BCUT2D eigenvalue weighted by molar-refractivity contribution is -0.385. The molecule has 0 aliphatic rings. The van der Waals surface area contributed by atoms with Crippen LogP contribution >= 0.6 is 0 Å². The van der Waals surface area contributed by atoms with E-state index in [1.54, 1.807) is 6.07 Å². The van der Waals surface area contributed by atoms with Gasteiger partial charge in [0.05, 0.1) is 4.92 Å². The molecule has 2 rings (SSSR count). The zero-order chi connectivity index (χ0) is 19.6. The fourth-order valence-corrected chi connectivity index (χ4v) is 2.24. The van der Waals surface area contributed by atoms with Crippen molar-refractivity contribution in [2.24, 2.45) is 0 Å². The number of aliphatic hydroxyl groups is 1. The highest BCUT2D eigenvalue weighted by atomic mass is 19.4. The van der Waals surface area contributed by atoms with Gasteiger partial charge in [-0.25, -0.2) is 0 Å². The second kappa shape index (κ2) is 6.83. The molecule has 138 valence electrons. The number of nitrogens with zero attached hydrogens (tertiary/aromatic N) is 1. The summed E-state index contributed by atoms with van der Waals surface area (Å²) in [5.41, 5.74) is -5.27. The van der Waals surface area contributed by atoms with E-state index >= 15 is 0 Å². The maximum absolute atomic E-state index is 14.1. The molecule has 4 nitrogen and oxygen atoms in total. The molecule has 2 aromatic carbocycles. The Morgan fingerprint density at radius 3 is 2.12 bits per heavy atom. The third kappa shape index (κ3) is 3.57. The van der Waals surface area contributed by atoms with E-state index < -0.39 is 33.9 Å². The van der Waals surface area contributed by atoms with Crippen LogP contribution in [0.5, 0.6) is 0 Å². The fourth-order valence-electron chi connectivity index (χ4n) is 2.24. The summed E-state index contributed by atoms with van der Waals surface area (Å²) in [5.74, 6) is -5.60. The van der Waals surface area contributed by atoms with Gasteiger partial charge in [-0.2, -0.15) is 22.0 Å². The molecule has 0 aliphatic heterocycles. The average Bonchev–Trinajstić information content (AvgIpc) is 2.59. The molecule has 2 aromatic rings. The fraction of sp³-hybridized carbons (Fsp3) is 0.176. The summed E-state index contributed by atoms with van der Waals surface area (Å²) in [4.78, 5) is 9.84. The molecule has 9 heteroatoms. The molecule has 1 atom stereocenters. The Morgan fingerprint density at radius 1 is 0.962 bits per heavy atom. The maximum Gasteiger partial charge on any atom is 0.457 e. The van der Waals surface area contributed by atoms with Gasteiger partial charge in [0.15, 0.2) is 5.60 Å². The number of nitro groups is 1. The molecule has 0 bridgehead atoms. The van der Waals surface area contributed by atoms with E-state index in [-0.39, 0.29) is 11.6 Å². The summed E-state index contributed by atoms with van der Waals surface area (Å²) in [6.45, 7) is 0. The Hall–Kier alpha value is -2.81. The first-order valence-electron chi connectivity index (χ1n) is 7.15. The van der Waals surface area contributed by atoms with Crippen LogP contribution < -0.4 is 0 Å². The Kier molecular flexibility index (Phi) is 5.13. The summed E-state index contributed by atoms with van der Waals surface area (Å²) in [5, 5.41) is 21.1. The molecule has 0 aromatic heterocycles. The van der Waals surface area contributed by atoms with Crippen LogP contribution in [0.15, 0.2) is 60.7 Å². The third-order valence-corrected chi connectivity index (χ3v) is 3.65. The molecule has 0 fully saturated rings. The number of nitro benzene ring substituents is 1. The van der Waals surface area contributed by atoms with Crippen molar-refractivity contribution in [2.75, 3.05) is 0 Å². The van der Waals surface area contributed by atoms with Gasteiger partial charge < -0.3 is 5.11 Å². The molecule has 0 spiro atoms. The Morgan fingerprint density at radius 2 is 1.58 bits per heavy atom. The van der Waals surface area contributed by atoms with E-state index in [0.29, 0.717) is 6.07 Å². The van der Waals surface area contributed by atoms with Crippen molar-refractivity contribution < 1.29 is 32.0 Å². The molecular formula is C17H12F5NO3. The van der Waals surface area contributed by atoms with Crippen molar-refractivity contribution in [3.63, 3.8) is 0 Å². The zero-order valence-corrected chi connectivity index (χ0v) is 13.0. The molecule has 0 saturated heterocycles. The molecule has 0 heterocycles. The maximum atomic E-state index is 14.1. The summed E-state index contributed by atoms with van der Waals surface area (Å²) in [6.07, 6.45) is -4.92. The predicted molar refractivity (Wildman–Crippen MR) is 83.5 cm³/mol. The van der Waals surface area contributed by atoms with E-state index in [1.807, 2.05) is 0 Å². The van der Waals surface area contributed by atoms with E-state index in [2.05, 4.69) is 0 Å². The highest BCUT2D eigenvalue weighted by Gasteiger charge is 2.69. The summed E-state index contributed by atoms with van der Waals surface area (Å²) in [6, 6.07) is 10.6. The van der Waals surface area contributed by atoms with Crippen molar-refractivity contribution in [1.82, 2.24) is 0 Å². The monoisotopic (exact) mass is 373 g/mol. The van der Waals surface area contributed by atoms with Gasteiger partial charge >= 0.3 is 12.1 Å². The molecule has 26 heavy (non-hydrogen) atoms. The van der Waals surface area contributed by atoms with E-state index in [0.717, 1.165) is 24.3 Å². The van der Waals surface area contributed by atoms with Gasteiger partial charge in [-0.05, 0) is 11.6 Å². The lowest BCUT2D eigenvalue weighted by atomic mass is 9.85. The van der Waals surface area contributed by atoms with Crippen LogP contribution in [-0.2, 0) is 5.60 Å².